The van der Waals surface area contributed by atoms with Gasteiger partial charge in [-0.15, -0.1) is 0 Å². The first-order valence-electron chi connectivity index (χ1n) is 12.7. The summed E-state index contributed by atoms with van der Waals surface area (Å²) in [6.07, 6.45) is 1.76. The Balaban J connectivity index is 0.000000220. The van der Waals surface area contributed by atoms with Crippen molar-refractivity contribution in [3.63, 3.8) is 0 Å². The van der Waals surface area contributed by atoms with E-state index in [1.54, 1.807) is 33.3 Å². The molecular weight excluding hydrogens is 472 g/mol. The summed E-state index contributed by atoms with van der Waals surface area (Å²) in [7, 11) is 6.66. The van der Waals surface area contributed by atoms with Crippen LogP contribution in [-0.2, 0) is 17.6 Å². The van der Waals surface area contributed by atoms with Gasteiger partial charge in [-0.25, -0.2) is 4.79 Å². The lowest BCUT2D eigenvalue weighted by atomic mass is 9.92. The zero-order valence-corrected chi connectivity index (χ0v) is 23.3. The fourth-order valence-electron chi connectivity index (χ4n) is 4.30. The number of nitrogens with one attached hydrogen (secondary N) is 1. The van der Waals surface area contributed by atoms with Crippen LogP contribution < -0.4 is 24.3 Å². The molecule has 2 fully saturated rings. The highest BCUT2D eigenvalue weighted by molar-refractivity contribution is 5.69. The average molecular weight is 515 g/mol. The van der Waals surface area contributed by atoms with Crippen LogP contribution in [-0.4, -0.2) is 71.2 Å². The van der Waals surface area contributed by atoms with Gasteiger partial charge in [0.2, 0.25) is 0 Å². The molecule has 0 saturated carbocycles. The largest absolute Gasteiger partial charge is 0.497 e. The number of carbonyl (C=O) groups is 1. The van der Waals surface area contributed by atoms with Gasteiger partial charge in [0, 0.05) is 25.2 Å². The first kappa shape index (κ1) is 28.4. The number of ether oxygens (including phenoxy) is 5. The van der Waals surface area contributed by atoms with Gasteiger partial charge in [0.1, 0.15) is 28.6 Å². The Labute approximate surface area is 221 Å². The van der Waals surface area contributed by atoms with Crippen LogP contribution in [0.4, 0.5) is 4.79 Å². The van der Waals surface area contributed by atoms with Gasteiger partial charge in [0.25, 0.3) is 0 Å². The van der Waals surface area contributed by atoms with Gasteiger partial charge in [-0.05, 0) is 93.9 Å². The maximum atomic E-state index is 11.9. The van der Waals surface area contributed by atoms with E-state index in [1.165, 1.54) is 5.56 Å². The van der Waals surface area contributed by atoms with Crippen molar-refractivity contribution in [1.82, 2.24) is 10.2 Å². The van der Waals surface area contributed by atoms with Crippen LogP contribution in [0.1, 0.15) is 31.9 Å². The molecule has 0 bridgehead atoms. The molecule has 0 atom stereocenters. The zero-order chi connectivity index (χ0) is 27.0. The maximum absolute atomic E-state index is 11.9. The lowest BCUT2D eigenvalue weighted by Gasteiger charge is -2.40. The fraction of sp³-hybridized carbons (Fsp3) is 0.552. The van der Waals surface area contributed by atoms with Gasteiger partial charge in [0.15, 0.2) is 0 Å². The number of amides is 1. The van der Waals surface area contributed by atoms with E-state index in [1.807, 2.05) is 45.0 Å². The van der Waals surface area contributed by atoms with Gasteiger partial charge in [0.05, 0.1) is 28.4 Å². The number of carbonyl (C=O) groups excluding carboxylic acids is 1. The van der Waals surface area contributed by atoms with Crippen LogP contribution in [0.2, 0.25) is 0 Å². The Hall–Kier alpha value is -3.13. The number of likely N-dealkylation sites (tertiary alicyclic amines) is 1. The zero-order valence-electron chi connectivity index (χ0n) is 23.3. The lowest BCUT2D eigenvalue weighted by molar-refractivity contribution is -0.000897. The van der Waals surface area contributed by atoms with E-state index in [9.17, 15) is 4.79 Å². The fourth-order valence-corrected chi connectivity index (χ4v) is 4.30. The highest BCUT2D eigenvalue weighted by Gasteiger charge is 2.33. The molecule has 2 aliphatic rings. The van der Waals surface area contributed by atoms with E-state index in [4.69, 9.17) is 23.7 Å². The molecule has 4 rings (SSSR count). The number of rotatable bonds is 8. The number of hydrogen-bond donors (Lipinski definition) is 1. The second kappa shape index (κ2) is 12.9. The van der Waals surface area contributed by atoms with Gasteiger partial charge in [-0.3, -0.25) is 0 Å². The third kappa shape index (κ3) is 8.74. The summed E-state index contributed by atoms with van der Waals surface area (Å²) in [6.45, 7) is 9.35. The minimum atomic E-state index is -0.442. The molecule has 0 unspecified atom stereocenters. The summed E-state index contributed by atoms with van der Waals surface area (Å²) in [5.41, 5.74) is 2.00. The second-order valence-electron chi connectivity index (χ2n) is 10.6. The van der Waals surface area contributed by atoms with Crippen LogP contribution in [0.3, 0.4) is 0 Å². The predicted molar refractivity (Wildman–Crippen MR) is 144 cm³/mol. The van der Waals surface area contributed by atoms with Crippen molar-refractivity contribution < 1.29 is 28.5 Å². The van der Waals surface area contributed by atoms with Crippen LogP contribution in [0, 0.1) is 11.8 Å². The SMILES string of the molecule is COc1cc(CC2CN(C(=O)OC(C)(C)C)C2)cc(OC)c1.COc1cc(CC2CNC2)cc(OC)c1. The number of hydrogen-bond acceptors (Lipinski definition) is 7. The van der Waals surface area contributed by atoms with Crippen molar-refractivity contribution in [2.24, 2.45) is 11.8 Å². The molecule has 2 aliphatic heterocycles. The first-order valence-corrected chi connectivity index (χ1v) is 12.7. The maximum Gasteiger partial charge on any atom is 0.410 e. The molecule has 8 nitrogen and oxygen atoms in total. The van der Waals surface area contributed by atoms with Crippen molar-refractivity contribution in [2.45, 2.75) is 39.2 Å². The Morgan fingerprint density at radius 3 is 1.49 bits per heavy atom. The molecule has 37 heavy (non-hydrogen) atoms. The van der Waals surface area contributed by atoms with E-state index in [2.05, 4.69) is 17.4 Å². The molecular formula is C29H42N2O6. The summed E-state index contributed by atoms with van der Waals surface area (Å²) in [5.74, 6) is 4.54. The molecule has 8 heteroatoms. The second-order valence-corrected chi connectivity index (χ2v) is 10.6. The number of benzene rings is 2. The normalized spacial score (nSPS) is 15.5. The summed E-state index contributed by atoms with van der Waals surface area (Å²) in [4.78, 5) is 13.6. The van der Waals surface area contributed by atoms with Crippen LogP contribution in [0.15, 0.2) is 36.4 Å². The molecule has 2 saturated heterocycles. The topological polar surface area (TPSA) is 78.5 Å². The van der Waals surface area contributed by atoms with Crippen LogP contribution in [0.5, 0.6) is 23.0 Å². The number of methoxy groups -OCH3 is 4. The summed E-state index contributed by atoms with van der Waals surface area (Å²) in [6, 6.07) is 12.0. The summed E-state index contributed by atoms with van der Waals surface area (Å²) < 4.78 is 26.4. The van der Waals surface area contributed by atoms with Crippen molar-refractivity contribution in [3.8, 4) is 23.0 Å². The Kier molecular flexibility index (Phi) is 9.92. The Bertz CT molecular complexity index is 981. The highest BCUT2D eigenvalue weighted by Crippen LogP contribution is 2.28. The molecule has 0 spiro atoms. The summed E-state index contributed by atoms with van der Waals surface area (Å²) >= 11 is 0. The molecule has 2 aromatic carbocycles. The molecule has 0 aliphatic carbocycles. The van der Waals surface area contributed by atoms with E-state index < -0.39 is 5.60 Å². The molecule has 204 valence electrons. The van der Waals surface area contributed by atoms with Gasteiger partial charge >= 0.3 is 6.09 Å². The quantitative estimate of drug-likeness (QED) is 0.553. The van der Waals surface area contributed by atoms with Crippen molar-refractivity contribution >= 4 is 6.09 Å². The van der Waals surface area contributed by atoms with Crippen LogP contribution in [0.25, 0.3) is 0 Å². The highest BCUT2D eigenvalue weighted by atomic mass is 16.6. The van der Waals surface area contributed by atoms with Gasteiger partial charge < -0.3 is 33.9 Å². The smallest absolute Gasteiger partial charge is 0.410 e. The first-order chi connectivity index (χ1) is 17.6. The Morgan fingerprint density at radius 1 is 0.757 bits per heavy atom. The average Bonchev–Trinajstić information content (AvgIpc) is 2.82. The molecule has 0 radical (unpaired) electrons. The van der Waals surface area contributed by atoms with Gasteiger partial charge in [-0.2, -0.15) is 0 Å². The molecule has 2 aromatic rings. The third-order valence-corrected chi connectivity index (χ3v) is 6.35. The van der Waals surface area contributed by atoms with Crippen molar-refractivity contribution in [2.75, 3.05) is 54.6 Å². The molecule has 1 N–H and O–H groups in total. The standard InChI is InChI=1S/C17H25NO4.C12H17NO2/c1-17(2,3)22-16(19)18-10-13(11-18)6-12-7-14(20-4)9-15(8-12)21-5;1-14-11-4-9(3-10-7-13-8-10)5-12(6-11)15-2/h7-9,13H,6,10-11H2,1-5H3;4-6,10,13H,3,7-8H2,1-2H3. The predicted octanol–water partition coefficient (Wildman–Crippen LogP) is 4.58. The van der Waals surface area contributed by atoms with E-state index in [0.717, 1.165) is 73.5 Å². The third-order valence-electron chi connectivity index (χ3n) is 6.35. The molecule has 2 heterocycles. The monoisotopic (exact) mass is 514 g/mol. The van der Waals surface area contributed by atoms with E-state index >= 15 is 0 Å². The van der Waals surface area contributed by atoms with E-state index in [-0.39, 0.29) is 6.09 Å². The van der Waals surface area contributed by atoms with Crippen molar-refractivity contribution in [1.29, 1.82) is 0 Å². The van der Waals surface area contributed by atoms with Gasteiger partial charge in [-0.1, -0.05) is 0 Å². The Morgan fingerprint density at radius 2 is 1.16 bits per heavy atom. The minimum absolute atomic E-state index is 0.230. The van der Waals surface area contributed by atoms with E-state index in [0.29, 0.717) is 5.92 Å². The minimum Gasteiger partial charge on any atom is -0.497 e. The van der Waals surface area contributed by atoms with Crippen molar-refractivity contribution in [3.05, 3.63) is 47.5 Å². The molecule has 0 aromatic heterocycles. The number of nitrogens with zero attached hydrogens (tertiary/aromatic N) is 1. The lowest BCUT2D eigenvalue weighted by Crippen LogP contribution is -2.52. The summed E-state index contributed by atoms with van der Waals surface area (Å²) in [5, 5.41) is 3.28. The van der Waals surface area contributed by atoms with Crippen LogP contribution >= 0.6 is 0 Å². The molecule has 1 amide bonds.